The predicted molar refractivity (Wildman–Crippen MR) is 94.4 cm³/mol. The van der Waals surface area contributed by atoms with E-state index in [9.17, 15) is 9.59 Å². The second kappa shape index (κ2) is 9.01. The molecule has 0 fully saturated rings. The molecule has 9 heteroatoms. The van der Waals surface area contributed by atoms with Crippen molar-refractivity contribution < 1.29 is 18.7 Å². The molecule has 2 heterocycles. The second-order valence-corrected chi connectivity index (χ2v) is 6.09. The number of amides is 1. The van der Waals surface area contributed by atoms with Crippen molar-refractivity contribution in [3.05, 3.63) is 29.7 Å². The first-order chi connectivity index (χ1) is 12.5. The van der Waals surface area contributed by atoms with Crippen molar-refractivity contribution in [3.8, 4) is 17.7 Å². The largest absolute Gasteiger partial charge is 0.461 e. The van der Waals surface area contributed by atoms with Gasteiger partial charge in [0.05, 0.1) is 24.4 Å². The molecular formula is C17H18N4O4S. The molecule has 0 aliphatic rings. The van der Waals surface area contributed by atoms with Gasteiger partial charge in [-0.3, -0.25) is 4.79 Å². The zero-order chi connectivity index (χ0) is 19.1. The summed E-state index contributed by atoms with van der Waals surface area (Å²) in [5, 5.41) is 8.99. The lowest BCUT2D eigenvalue weighted by molar-refractivity contribution is -0.133. The smallest absolute Gasteiger partial charge is 0.343 e. The molecular weight excluding hydrogens is 356 g/mol. The maximum Gasteiger partial charge on any atom is 0.343 e. The minimum absolute atomic E-state index is 0.216. The quantitative estimate of drug-likeness (QED) is 0.412. The van der Waals surface area contributed by atoms with Crippen molar-refractivity contribution in [2.45, 2.75) is 18.4 Å². The predicted octanol–water partition coefficient (Wildman–Crippen LogP) is 2.30. The van der Waals surface area contributed by atoms with E-state index in [4.69, 9.17) is 14.4 Å². The van der Waals surface area contributed by atoms with Gasteiger partial charge in [-0.05, 0) is 25.3 Å². The number of furan rings is 1. The van der Waals surface area contributed by atoms with E-state index in [1.165, 1.54) is 22.9 Å². The Morgan fingerprint density at radius 2 is 2.19 bits per heavy atom. The van der Waals surface area contributed by atoms with Crippen molar-refractivity contribution in [2.24, 2.45) is 0 Å². The van der Waals surface area contributed by atoms with Crippen molar-refractivity contribution in [2.75, 3.05) is 26.5 Å². The molecule has 0 aliphatic carbocycles. The first-order valence-corrected chi connectivity index (χ1v) is 8.95. The van der Waals surface area contributed by atoms with Gasteiger partial charge in [0.15, 0.2) is 18.2 Å². The van der Waals surface area contributed by atoms with E-state index >= 15 is 0 Å². The summed E-state index contributed by atoms with van der Waals surface area (Å²) in [4.78, 5) is 34.3. The van der Waals surface area contributed by atoms with Crippen molar-refractivity contribution in [1.29, 1.82) is 5.26 Å². The fourth-order valence-electron chi connectivity index (χ4n) is 2.10. The number of nitrogens with zero attached hydrogens (tertiary/aromatic N) is 4. The third-order valence-electron chi connectivity index (χ3n) is 3.51. The monoisotopic (exact) mass is 374 g/mol. The molecule has 0 aliphatic heterocycles. The molecule has 0 radical (unpaired) electrons. The van der Waals surface area contributed by atoms with Crippen LogP contribution in [0, 0.1) is 18.3 Å². The van der Waals surface area contributed by atoms with Gasteiger partial charge in [-0.2, -0.15) is 5.26 Å². The molecule has 0 unspecified atom stereocenters. The van der Waals surface area contributed by atoms with Crippen LogP contribution in [-0.2, 0) is 9.53 Å². The molecule has 1 amide bonds. The Hall–Kier alpha value is -2.86. The Morgan fingerprint density at radius 3 is 2.81 bits per heavy atom. The third-order valence-corrected chi connectivity index (χ3v) is 4.19. The Labute approximate surface area is 155 Å². The fourth-order valence-corrected chi connectivity index (χ4v) is 2.71. The molecule has 0 saturated heterocycles. The lowest BCUT2D eigenvalue weighted by Crippen LogP contribution is -2.32. The van der Waals surface area contributed by atoms with Gasteiger partial charge >= 0.3 is 5.97 Å². The molecule has 0 N–H and O–H groups in total. The zero-order valence-corrected chi connectivity index (χ0v) is 15.5. The summed E-state index contributed by atoms with van der Waals surface area (Å²) in [5.41, 5.74) is 0.659. The minimum atomic E-state index is -0.667. The maximum atomic E-state index is 12.4. The highest BCUT2D eigenvalue weighted by Crippen LogP contribution is 2.25. The number of carbonyl (C=O) groups excluding carboxylic acids is 2. The third kappa shape index (κ3) is 4.61. The molecule has 0 aromatic carbocycles. The van der Waals surface area contributed by atoms with Gasteiger partial charge in [0.2, 0.25) is 0 Å². The first kappa shape index (κ1) is 19.5. The van der Waals surface area contributed by atoms with Gasteiger partial charge < -0.3 is 14.1 Å². The van der Waals surface area contributed by atoms with E-state index in [0.717, 1.165) is 0 Å². The van der Waals surface area contributed by atoms with Gasteiger partial charge in [0.1, 0.15) is 10.6 Å². The number of likely N-dealkylation sites (N-methyl/N-ethyl adjacent to an activating group) is 1. The molecule has 8 nitrogen and oxygen atoms in total. The molecule has 2 aromatic rings. The highest BCUT2D eigenvalue weighted by Gasteiger charge is 2.22. The number of esters is 1. The van der Waals surface area contributed by atoms with Gasteiger partial charge in [-0.15, -0.1) is 11.8 Å². The normalized spacial score (nSPS) is 10.2. The van der Waals surface area contributed by atoms with Gasteiger partial charge in [-0.1, -0.05) is 0 Å². The van der Waals surface area contributed by atoms with Crippen LogP contribution in [0.4, 0.5) is 0 Å². The maximum absolute atomic E-state index is 12.4. The molecule has 0 atom stereocenters. The summed E-state index contributed by atoms with van der Waals surface area (Å²) >= 11 is 1.28. The van der Waals surface area contributed by atoms with E-state index < -0.39 is 12.6 Å². The SMILES string of the molecule is CSc1nc(-c2ccco2)nc(C)c1C(=O)OCC(=O)N(C)CCC#N. The molecule has 136 valence electrons. The average Bonchev–Trinajstić information content (AvgIpc) is 3.17. The number of aryl methyl sites for hydroxylation is 1. The zero-order valence-electron chi connectivity index (χ0n) is 14.7. The number of thioether (sulfide) groups is 1. The average molecular weight is 374 g/mol. The van der Waals surface area contributed by atoms with Crippen LogP contribution in [0.25, 0.3) is 11.6 Å². The van der Waals surface area contributed by atoms with E-state index in [1.54, 1.807) is 32.4 Å². The summed E-state index contributed by atoms with van der Waals surface area (Å²) in [6, 6.07) is 5.41. The molecule has 2 aromatic heterocycles. The number of rotatable bonds is 7. The van der Waals surface area contributed by atoms with Crippen LogP contribution in [0.2, 0.25) is 0 Å². The van der Waals surface area contributed by atoms with Crippen LogP contribution >= 0.6 is 11.8 Å². The van der Waals surface area contributed by atoms with E-state index in [1.807, 2.05) is 6.07 Å². The lowest BCUT2D eigenvalue weighted by atomic mass is 10.2. The second-order valence-electron chi connectivity index (χ2n) is 5.29. The van der Waals surface area contributed by atoms with Crippen LogP contribution in [0.3, 0.4) is 0 Å². The number of ether oxygens (including phenoxy) is 1. The Balaban J connectivity index is 2.13. The van der Waals surface area contributed by atoms with Gasteiger partial charge in [-0.25, -0.2) is 14.8 Å². The van der Waals surface area contributed by atoms with E-state index in [2.05, 4.69) is 9.97 Å². The molecule has 0 saturated carbocycles. The van der Waals surface area contributed by atoms with Crippen molar-refractivity contribution in [3.63, 3.8) is 0 Å². The number of hydrogen-bond acceptors (Lipinski definition) is 8. The number of carbonyl (C=O) groups is 2. The van der Waals surface area contributed by atoms with Crippen LogP contribution in [0.5, 0.6) is 0 Å². The molecule has 0 bridgehead atoms. The number of nitriles is 1. The van der Waals surface area contributed by atoms with E-state index in [-0.39, 0.29) is 24.4 Å². The summed E-state index contributed by atoms with van der Waals surface area (Å²) in [7, 11) is 1.55. The Morgan fingerprint density at radius 1 is 1.42 bits per heavy atom. The van der Waals surface area contributed by atoms with Crippen LogP contribution in [0.1, 0.15) is 22.5 Å². The van der Waals surface area contributed by atoms with Crippen LogP contribution in [-0.4, -0.2) is 53.2 Å². The molecule has 0 spiro atoms. The summed E-state index contributed by atoms with van der Waals surface area (Å²) < 4.78 is 10.4. The Bertz CT molecular complexity index is 830. The van der Waals surface area contributed by atoms with Crippen LogP contribution in [0.15, 0.2) is 27.8 Å². The minimum Gasteiger partial charge on any atom is -0.461 e. The lowest BCUT2D eigenvalue weighted by Gasteiger charge is -2.16. The number of aromatic nitrogens is 2. The first-order valence-electron chi connectivity index (χ1n) is 7.72. The molecule has 26 heavy (non-hydrogen) atoms. The van der Waals surface area contributed by atoms with Gasteiger partial charge in [0.25, 0.3) is 5.91 Å². The summed E-state index contributed by atoms with van der Waals surface area (Å²) in [6.07, 6.45) is 3.52. The van der Waals surface area contributed by atoms with Gasteiger partial charge in [0, 0.05) is 13.6 Å². The summed E-state index contributed by atoms with van der Waals surface area (Å²) in [6.45, 7) is 1.54. The topological polar surface area (TPSA) is 109 Å². The fraction of sp³-hybridized carbons (Fsp3) is 0.353. The highest BCUT2D eigenvalue weighted by atomic mass is 32.2. The summed E-state index contributed by atoms with van der Waals surface area (Å²) in [5.74, 6) is -0.178. The van der Waals surface area contributed by atoms with Crippen molar-refractivity contribution in [1.82, 2.24) is 14.9 Å². The van der Waals surface area contributed by atoms with Crippen molar-refractivity contribution >= 4 is 23.6 Å². The van der Waals surface area contributed by atoms with Crippen LogP contribution < -0.4 is 0 Å². The molecule has 2 rings (SSSR count). The number of hydrogen-bond donors (Lipinski definition) is 0. The Kier molecular flexibility index (Phi) is 6.74. The highest BCUT2D eigenvalue weighted by molar-refractivity contribution is 7.98. The standard InChI is InChI=1S/C17H18N4O4S/c1-11-14(17(23)25-10-13(22)21(2)8-5-7-18)16(26-3)20-15(19-11)12-6-4-9-24-12/h4,6,9H,5,8,10H2,1-3H3. The van der Waals surface area contributed by atoms with E-state index in [0.29, 0.717) is 22.3 Å².